The fraction of sp³-hybridized carbons (Fsp3) is 0.200. The van der Waals surface area contributed by atoms with E-state index in [0.29, 0.717) is 0 Å². The normalized spacial score (nSPS) is 19.7. The van der Waals surface area contributed by atoms with Crippen molar-refractivity contribution in [2.75, 3.05) is 18.0 Å². The van der Waals surface area contributed by atoms with Crippen LogP contribution in [-0.2, 0) is 5.60 Å². The van der Waals surface area contributed by atoms with Gasteiger partial charge in [-0.25, -0.2) is 0 Å². The topological polar surface area (TPSA) is 12.5 Å². The number of aryl methyl sites for hydroxylation is 1. The number of nitrogens with zero attached hydrogens (tertiary/aromatic N) is 1. The molecule has 158 valence electrons. The number of rotatable bonds is 3. The standard InChI is InChI=1S/C30H27NO/c1-22-21-25(14-15-28(22)31-19-7-8-20-31)30(24-10-3-2-4-11-24)18-17-27-26-12-6-5-9-23(26)13-16-29(27)32-30/h2-6,9-18,21H,7-8,19-20H2,1H3. The van der Waals surface area contributed by atoms with E-state index in [1.165, 1.54) is 40.4 Å². The summed E-state index contributed by atoms with van der Waals surface area (Å²) in [5, 5.41) is 2.46. The molecule has 6 rings (SSSR count). The highest BCUT2D eigenvalue weighted by molar-refractivity contribution is 5.94. The minimum atomic E-state index is -0.648. The third kappa shape index (κ3) is 3.02. The maximum absolute atomic E-state index is 6.92. The Bertz CT molecular complexity index is 1320. The van der Waals surface area contributed by atoms with Crippen LogP contribution in [0.4, 0.5) is 5.69 Å². The van der Waals surface area contributed by atoms with E-state index in [-0.39, 0.29) is 0 Å². The second-order valence-electron chi connectivity index (χ2n) is 8.93. The van der Waals surface area contributed by atoms with Gasteiger partial charge in [-0.05, 0) is 66.5 Å². The zero-order chi connectivity index (χ0) is 21.5. The molecule has 2 heteroatoms. The number of anilines is 1. The van der Waals surface area contributed by atoms with E-state index in [2.05, 4.69) is 109 Å². The molecule has 0 saturated carbocycles. The predicted molar refractivity (Wildman–Crippen MR) is 133 cm³/mol. The van der Waals surface area contributed by atoms with Crippen molar-refractivity contribution < 1.29 is 4.74 Å². The van der Waals surface area contributed by atoms with Gasteiger partial charge in [0, 0.05) is 35.5 Å². The Kier molecular flexibility index (Phi) is 4.53. The van der Waals surface area contributed by atoms with E-state index in [0.717, 1.165) is 30.0 Å². The molecule has 0 aliphatic carbocycles. The van der Waals surface area contributed by atoms with Gasteiger partial charge in [-0.3, -0.25) is 0 Å². The Labute approximate surface area is 189 Å². The molecule has 4 aromatic carbocycles. The molecule has 2 aliphatic heterocycles. The largest absolute Gasteiger partial charge is 0.473 e. The van der Waals surface area contributed by atoms with Crippen LogP contribution in [0.5, 0.6) is 5.75 Å². The lowest BCUT2D eigenvalue weighted by Gasteiger charge is -2.37. The summed E-state index contributed by atoms with van der Waals surface area (Å²) in [5.74, 6) is 0.927. The maximum atomic E-state index is 6.92. The highest BCUT2D eigenvalue weighted by Gasteiger charge is 2.37. The van der Waals surface area contributed by atoms with Crippen molar-refractivity contribution in [1.82, 2.24) is 0 Å². The molecule has 0 N–H and O–H groups in total. The summed E-state index contributed by atoms with van der Waals surface area (Å²) in [5.41, 5.74) is 5.47. The molecule has 1 atom stereocenters. The lowest BCUT2D eigenvalue weighted by Crippen LogP contribution is -2.34. The number of hydrogen-bond donors (Lipinski definition) is 0. The molecular weight excluding hydrogens is 390 g/mol. The van der Waals surface area contributed by atoms with Gasteiger partial charge in [-0.15, -0.1) is 0 Å². The molecule has 32 heavy (non-hydrogen) atoms. The number of benzene rings is 4. The summed E-state index contributed by atoms with van der Waals surface area (Å²) >= 11 is 0. The molecule has 1 fully saturated rings. The van der Waals surface area contributed by atoms with Gasteiger partial charge in [0.15, 0.2) is 5.60 Å². The molecule has 1 saturated heterocycles. The van der Waals surface area contributed by atoms with Crippen molar-refractivity contribution in [3.63, 3.8) is 0 Å². The smallest absolute Gasteiger partial charge is 0.178 e. The SMILES string of the molecule is Cc1cc(C2(c3ccccc3)C=Cc3c(ccc4ccccc34)O2)ccc1N1CCCC1. The summed E-state index contributed by atoms with van der Waals surface area (Å²) in [6.07, 6.45) is 7.05. The Balaban J connectivity index is 1.51. The summed E-state index contributed by atoms with van der Waals surface area (Å²) in [4.78, 5) is 2.51. The number of hydrogen-bond acceptors (Lipinski definition) is 2. The zero-order valence-electron chi connectivity index (χ0n) is 18.4. The van der Waals surface area contributed by atoms with Gasteiger partial charge in [0.25, 0.3) is 0 Å². The van der Waals surface area contributed by atoms with Crippen LogP contribution in [0.2, 0.25) is 0 Å². The van der Waals surface area contributed by atoms with Crippen molar-refractivity contribution in [3.05, 3.63) is 113 Å². The van der Waals surface area contributed by atoms with Crippen molar-refractivity contribution in [1.29, 1.82) is 0 Å². The van der Waals surface area contributed by atoms with Crippen LogP contribution < -0.4 is 9.64 Å². The minimum absolute atomic E-state index is 0.648. The maximum Gasteiger partial charge on any atom is 0.178 e. The van der Waals surface area contributed by atoms with Gasteiger partial charge in [0.1, 0.15) is 5.75 Å². The van der Waals surface area contributed by atoms with E-state index >= 15 is 0 Å². The second kappa shape index (κ2) is 7.56. The Morgan fingerprint density at radius 1 is 0.781 bits per heavy atom. The lowest BCUT2D eigenvalue weighted by atomic mass is 9.82. The van der Waals surface area contributed by atoms with E-state index in [1.54, 1.807) is 0 Å². The van der Waals surface area contributed by atoms with Crippen LogP contribution in [0.25, 0.3) is 16.8 Å². The van der Waals surface area contributed by atoms with Crippen LogP contribution in [0, 0.1) is 6.92 Å². The van der Waals surface area contributed by atoms with E-state index in [9.17, 15) is 0 Å². The average molecular weight is 418 g/mol. The molecular formula is C30H27NO. The van der Waals surface area contributed by atoms with E-state index < -0.39 is 5.60 Å². The first-order chi connectivity index (χ1) is 15.7. The van der Waals surface area contributed by atoms with Crippen LogP contribution in [0.1, 0.15) is 35.1 Å². The van der Waals surface area contributed by atoms with E-state index in [4.69, 9.17) is 4.74 Å². The molecule has 2 aliphatic rings. The molecule has 2 heterocycles. The molecule has 0 bridgehead atoms. The Morgan fingerprint density at radius 3 is 2.38 bits per heavy atom. The highest BCUT2D eigenvalue weighted by atomic mass is 16.5. The summed E-state index contributed by atoms with van der Waals surface area (Å²) in [7, 11) is 0. The van der Waals surface area contributed by atoms with Crippen LogP contribution in [0.15, 0.2) is 91.0 Å². The average Bonchev–Trinajstić information content (AvgIpc) is 3.39. The quantitative estimate of drug-likeness (QED) is 0.352. The van der Waals surface area contributed by atoms with Gasteiger partial charge in [-0.1, -0.05) is 66.7 Å². The Morgan fingerprint density at radius 2 is 1.56 bits per heavy atom. The lowest BCUT2D eigenvalue weighted by molar-refractivity contribution is 0.161. The van der Waals surface area contributed by atoms with Crippen LogP contribution in [-0.4, -0.2) is 13.1 Å². The van der Waals surface area contributed by atoms with Crippen molar-refractivity contribution in [3.8, 4) is 5.75 Å². The van der Waals surface area contributed by atoms with Gasteiger partial charge in [-0.2, -0.15) is 0 Å². The molecule has 4 aromatic rings. The summed E-state index contributed by atoms with van der Waals surface area (Å²) < 4.78 is 6.92. The first-order valence-electron chi connectivity index (χ1n) is 11.6. The Hall–Kier alpha value is -3.52. The molecule has 0 spiro atoms. The zero-order valence-corrected chi connectivity index (χ0v) is 18.4. The first kappa shape index (κ1) is 19.2. The van der Waals surface area contributed by atoms with Crippen molar-refractivity contribution in [2.45, 2.75) is 25.4 Å². The first-order valence-corrected chi connectivity index (χ1v) is 11.6. The third-order valence-electron chi connectivity index (χ3n) is 6.96. The van der Waals surface area contributed by atoms with Crippen LogP contribution >= 0.6 is 0 Å². The minimum Gasteiger partial charge on any atom is -0.473 e. The summed E-state index contributed by atoms with van der Waals surface area (Å²) in [6, 6.07) is 30.2. The number of fused-ring (bicyclic) bond motifs is 3. The third-order valence-corrected chi connectivity index (χ3v) is 6.96. The van der Waals surface area contributed by atoms with Gasteiger partial charge in [0.2, 0.25) is 0 Å². The fourth-order valence-corrected chi connectivity index (χ4v) is 5.31. The van der Waals surface area contributed by atoms with E-state index in [1.807, 2.05) is 0 Å². The van der Waals surface area contributed by atoms with Gasteiger partial charge >= 0.3 is 0 Å². The number of ether oxygens (including phenoxy) is 1. The van der Waals surface area contributed by atoms with Crippen molar-refractivity contribution >= 4 is 22.5 Å². The highest BCUT2D eigenvalue weighted by Crippen LogP contribution is 2.44. The molecule has 1 unspecified atom stereocenters. The predicted octanol–water partition coefficient (Wildman–Crippen LogP) is 7.10. The monoisotopic (exact) mass is 417 g/mol. The second-order valence-corrected chi connectivity index (χ2v) is 8.93. The summed E-state index contributed by atoms with van der Waals surface area (Å²) in [6.45, 7) is 4.53. The van der Waals surface area contributed by atoms with Gasteiger partial charge in [0.05, 0.1) is 0 Å². The molecule has 0 radical (unpaired) electrons. The van der Waals surface area contributed by atoms with Gasteiger partial charge < -0.3 is 9.64 Å². The molecule has 0 amide bonds. The fourth-order valence-electron chi connectivity index (χ4n) is 5.31. The van der Waals surface area contributed by atoms with Crippen molar-refractivity contribution in [2.24, 2.45) is 0 Å². The molecule has 0 aromatic heterocycles. The van der Waals surface area contributed by atoms with Crippen LogP contribution in [0.3, 0.4) is 0 Å². The molecule has 2 nitrogen and oxygen atoms in total.